The number of hydrogen-bond donors (Lipinski definition) is 2. The van der Waals surface area contributed by atoms with Gasteiger partial charge in [0.2, 0.25) is 0 Å². The van der Waals surface area contributed by atoms with Crippen molar-refractivity contribution in [3.63, 3.8) is 0 Å². The Kier molecular flexibility index (Phi) is 6.17. The molecular weight excluding hydrogens is 364 g/mol. The molecule has 6 nitrogen and oxygen atoms in total. The molecule has 0 fully saturated rings. The summed E-state index contributed by atoms with van der Waals surface area (Å²) in [7, 11) is 1.28. The molecule has 0 saturated heterocycles. The monoisotopic (exact) mass is 382 g/mol. The summed E-state index contributed by atoms with van der Waals surface area (Å²) >= 11 is 1.63. The topological polar surface area (TPSA) is 80.6 Å². The minimum absolute atomic E-state index is 0.268. The van der Waals surface area contributed by atoms with Gasteiger partial charge in [-0.1, -0.05) is 24.3 Å². The molecule has 1 heterocycles. The van der Waals surface area contributed by atoms with Crippen molar-refractivity contribution in [1.82, 2.24) is 0 Å². The van der Waals surface area contributed by atoms with Gasteiger partial charge in [-0.15, -0.1) is 11.8 Å². The molecule has 0 atom stereocenters. The standard InChI is InChI=1S/C20H18N2O4S/c1-25-20(24)22-16-7-5-6-15(12-16)21-19(23)18-14(10-11-26-18)13-27-17-8-3-2-4-9-17/h2-12H,13H2,1H3,(H,21,23)(H,22,24). The third-order valence-corrected chi connectivity index (χ3v) is 4.70. The van der Waals surface area contributed by atoms with E-state index >= 15 is 0 Å². The van der Waals surface area contributed by atoms with Crippen LogP contribution in [-0.2, 0) is 10.5 Å². The molecule has 0 saturated carbocycles. The van der Waals surface area contributed by atoms with Gasteiger partial charge in [-0.25, -0.2) is 4.79 Å². The Balaban J connectivity index is 1.66. The first-order chi connectivity index (χ1) is 13.2. The highest BCUT2D eigenvalue weighted by Gasteiger charge is 2.16. The van der Waals surface area contributed by atoms with Gasteiger partial charge in [0.1, 0.15) is 0 Å². The lowest BCUT2D eigenvalue weighted by Crippen LogP contribution is -2.14. The number of nitrogens with one attached hydrogen (secondary N) is 2. The van der Waals surface area contributed by atoms with E-state index in [1.54, 1.807) is 42.1 Å². The number of amides is 2. The fourth-order valence-electron chi connectivity index (χ4n) is 2.36. The zero-order valence-electron chi connectivity index (χ0n) is 14.6. The first kappa shape index (κ1) is 18.6. The molecule has 27 heavy (non-hydrogen) atoms. The van der Waals surface area contributed by atoms with E-state index in [1.165, 1.54) is 13.4 Å². The van der Waals surface area contributed by atoms with E-state index in [1.807, 2.05) is 30.3 Å². The lowest BCUT2D eigenvalue weighted by Gasteiger charge is -2.08. The molecule has 0 radical (unpaired) electrons. The van der Waals surface area contributed by atoms with Crippen molar-refractivity contribution >= 4 is 35.1 Å². The minimum atomic E-state index is -0.579. The molecular formula is C20H18N2O4S. The Morgan fingerprint density at radius 3 is 2.48 bits per heavy atom. The SMILES string of the molecule is COC(=O)Nc1cccc(NC(=O)c2occc2CSc2ccccc2)c1. The normalized spacial score (nSPS) is 10.3. The smallest absolute Gasteiger partial charge is 0.411 e. The molecule has 3 rings (SSSR count). The van der Waals surface area contributed by atoms with Gasteiger partial charge < -0.3 is 14.5 Å². The number of carbonyl (C=O) groups excluding carboxylic acids is 2. The fraction of sp³-hybridized carbons (Fsp3) is 0.100. The van der Waals surface area contributed by atoms with Crippen LogP contribution >= 0.6 is 11.8 Å². The summed E-state index contributed by atoms with van der Waals surface area (Å²) in [6.45, 7) is 0. The summed E-state index contributed by atoms with van der Waals surface area (Å²) in [4.78, 5) is 25.0. The fourth-order valence-corrected chi connectivity index (χ4v) is 3.26. The lowest BCUT2D eigenvalue weighted by molar-refractivity contribution is 0.0995. The van der Waals surface area contributed by atoms with Gasteiger partial charge >= 0.3 is 6.09 Å². The summed E-state index contributed by atoms with van der Waals surface area (Å²) < 4.78 is 9.94. The van der Waals surface area contributed by atoms with Crippen molar-refractivity contribution in [1.29, 1.82) is 0 Å². The van der Waals surface area contributed by atoms with Gasteiger partial charge in [0.25, 0.3) is 5.91 Å². The summed E-state index contributed by atoms with van der Waals surface area (Å²) in [5.41, 5.74) is 1.86. The first-order valence-electron chi connectivity index (χ1n) is 8.16. The maximum Gasteiger partial charge on any atom is 0.411 e. The highest BCUT2D eigenvalue weighted by Crippen LogP contribution is 2.25. The van der Waals surface area contributed by atoms with Gasteiger partial charge in [0, 0.05) is 27.6 Å². The van der Waals surface area contributed by atoms with E-state index in [-0.39, 0.29) is 11.7 Å². The second kappa shape index (κ2) is 8.95. The molecule has 0 unspecified atom stereocenters. The molecule has 7 heteroatoms. The second-order valence-electron chi connectivity index (χ2n) is 5.53. The van der Waals surface area contributed by atoms with E-state index in [2.05, 4.69) is 15.4 Å². The molecule has 2 aromatic carbocycles. The number of benzene rings is 2. The molecule has 2 N–H and O–H groups in total. The largest absolute Gasteiger partial charge is 0.459 e. The van der Waals surface area contributed by atoms with Gasteiger partial charge in [0.05, 0.1) is 13.4 Å². The first-order valence-corrected chi connectivity index (χ1v) is 9.15. The number of furan rings is 1. The Morgan fingerprint density at radius 1 is 1.00 bits per heavy atom. The van der Waals surface area contributed by atoms with Crippen molar-refractivity contribution in [2.45, 2.75) is 10.6 Å². The van der Waals surface area contributed by atoms with Gasteiger partial charge in [-0.05, 0) is 36.4 Å². The van der Waals surface area contributed by atoms with Crippen LogP contribution in [0.4, 0.5) is 16.2 Å². The lowest BCUT2D eigenvalue weighted by atomic mass is 10.2. The zero-order valence-corrected chi connectivity index (χ0v) is 15.4. The Hall–Kier alpha value is -3.19. The number of carbonyl (C=O) groups is 2. The molecule has 1 aromatic heterocycles. The second-order valence-corrected chi connectivity index (χ2v) is 6.58. The van der Waals surface area contributed by atoms with E-state index in [0.29, 0.717) is 17.1 Å². The van der Waals surface area contributed by atoms with E-state index in [0.717, 1.165) is 10.5 Å². The van der Waals surface area contributed by atoms with Gasteiger partial charge in [-0.3, -0.25) is 10.1 Å². The quantitative estimate of drug-likeness (QED) is 0.586. The number of rotatable bonds is 6. The molecule has 0 aliphatic rings. The van der Waals surface area contributed by atoms with Crippen LogP contribution in [0.25, 0.3) is 0 Å². The molecule has 138 valence electrons. The van der Waals surface area contributed by atoms with Gasteiger partial charge in [0.15, 0.2) is 5.76 Å². The van der Waals surface area contributed by atoms with Crippen LogP contribution in [0.5, 0.6) is 0 Å². The van der Waals surface area contributed by atoms with Crippen LogP contribution in [0.2, 0.25) is 0 Å². The van der Waals surface area contributed by atoms with Crippen LogP contribution in [0.3, 0.4) is 0 Å². The van der Waals surface area contributed by atoms with Crippen molar-refractivity contribution in [3.05, 3.63) is 78.3 Å². The van der Waals surface area contributed by atoms with Gasteiger partial charge in [-0.2, -0.15) is 0 Å². The molecule has 0 aliphatic carbocycles. The Morgan fingerprint density at radius 2 is 1.74 bits per heavy atom. The van der Waals surface area contributed by atoms with Crippen LogP contribution in [0, 0.1) is 0 Å². The number of methoxy groups -OCH3 is 1. The highest BCUT2D eigenvalue weighted by atomic mass is 32.2. The summed E-state index contributed by atoms with van der Waals surface area (Å²) in [5.74, 6) is 0.538. The molecule has 0 spiro atoms. The predicted molar refractivity (Wildman–Crippen MR) is 105 cm³/mol. The maximum absolute atomic E-state index is 12.6. The highest BCUT2D eigenvalue weighted by molar-refractivity contribution is 7.98. The van der Waals surface area contributed by atoms with Crippen molar-refractivity contribution < 1.29 is 18.7 Å². The van der Waals surface area contributed by atoms with Crippen LogP contribution < -0.4 is 10.6 Å². The van der Waals surface area contributed by atoms with Crippen LogP contribution in [-0.4, -0.2) is 19.1 Å². The molecule has 0 aliphatic heterocycles. The molecule has 2 amide bonds. The van der Waals surface area contributed by atoms with E-state index < -0.39 is 6.09 Å². The summed E-state index contributed by atoms with van der Waals surface area (Å²) in [5, 5.41) is 5.33. The minimum Gasteiger partial charge on any atom is -0.459 e. The summed E-state index contributed by atoms with van der Waals surface area (Å²) in [6.07, 6.45) is 0.926. The number of anilines is 2. The summed E-state index contributed by atoms with van der Waals surface area (Å²) in [6, 6.07) is 18.5. The maximum atomic E-state index is 12.6. The van der Waals surface area contributed by atoms with Crippen LogP contribution in [0.1, 0.15) is 16.1 Å². The molecule has 3 aromatic rings. The zero-order chi connectivity index (χ0) is 19.1. The third-order valence-electron chi connectivity index (χ3n) is 3.64. The van der Waals surface area contributed by atoms with Crippen molar-refractivity contribution in [2.75, 3.05) is 17.7 Å². The van der Waals surface area contributed by atoms with E-state index in [9.17, 15) is 9.59 Å². The van der Waals surface area contributed by atoms with Crippen molar-refractivity contribution in [2.24, 2.45) is 0 Å². The number of hydrogen-bond acceptors (Lipinski definition) is 5. The number of thioether (sulfide) groups is 1. The third kappa shape index (κ3) is 5.15. The number of ether oxygens (including phenoxy) is 1. The average Bonchev–Trinajstić information content (AvgIpc) is 3.16. The predicted octanol–water partition coefficient (Wildman–Crippen LogP) is 5.00. The Bertz CT molecular complexity index is 924. The molecule has 0 bridgehead atoms. The van der Waals surface area contributed by atoms with Crippen LogP contribution in [0.15, 0.2) is 76.2 Å². The van der Waals surface area contributed by atoms with E-state index in [4.69, 9.17) is 4.42 Å². The van der Waals surface area contributed by atoms with Crippen molar-refractivity contribution in [3.8, 4) is 0 Å². The Labute approximate surface area is 160 Å². The average molecular weight is 382 g/mol.